The van der Waals surface area contributed by atoms with Gasteiger partial charge >= 0.3 is 0 Å². The standard InChI is InChI=1S/C17H18N4O/c1-3-20(4-2)17(22)14-7-5-13(6-8-14)15-11-19-16-12-18-9-10-21(15)16/h5-12H,3-4H2,1-2H3. The number of carbonyl (C=O) groups is 1. The van der Waals surface area contributed by atoms with Gasteiger partial charge in [-0.05, 0) is 26.0 Å². The third kappa shape index (κ3) is 2.45. The zero-order chi connectivity index (χ0) is 15.5. The third-order valence-electron chi connectivity index (χ3n) is 3.80. The molecular weight excluding hydrogens is 276 g/mol. The lowest BCUT2D eigenvalue weighted by molar-refractivity contribution is 0.0773. The molecule has 0 aliphatic carbocycles. The second kappa shape index (κ2) is 5.97. The minimum atomic E-state index is 0.0684. The third-order valence-corrected chi connectivity index (χ3v) is 3.80. The molecule has 3 rings (SSSR count). The number of nitrogens with zero attached hydrogens (tertiary/aromatic N) is 4. The maximum absolute atomic E-state index is 12.3. The summed E-state index contributed by atoms with van der Waals surface area (Å²) in [5.74, 6) is 0.0684. The summed E-state index contributed by atoms with van der Waals surface area (Å²) < 4.78 is 1.98. The molecule has 5 nitrogen and oxygen atoms in total. The van der Waals surface area contributed by atoms with E-state index in [-0.39, 0.29) is 5.91 Å². The van der Waals surface area contributed by atoms with Gasteiger partial charge in [-0.1, -0.05) is 12.1 Å². The van der Waals surface area contributed by atoms with Crippen molar-refractivity contribution in [3.63, 3.8) is 0 Å². The Morgan fingerprint density at radius 1 is 1.14 bits per heavy atom. The van der Waals surface area contributed by atoms with Gasteiger partial charge in [-0.25, -0.2) is 4.98 Å². The van der Waals surface area contributed by atoms with E-state index in [1.165, 1.54) is 0 Å². The number of amides is 1. The number of benzene rings is 1. The fraction of sp³-hybridized carbons (Fsp3) is 0.235. The summed E-state index contributed by atoms with van der Waals surface area (Å²) in [6.07, 6.45) is 7.16. The molecule has 0 saturated carbocycles. The van der Waals surface area contributed by atoms with Gasteiger partial charge in [0, 0.05) is 36.6 Å². The molecule has 0 saturated heterocycles. The predicted octanol–water partition coefficient (Wildman–Crippen LogP) is 2.88. The van der Waals surface area contributed by atoms with Crippen LogP contribution in [-0.4, -0.2) is 38.3 Å². The molecule has 0 aliphatic heterocycles. The van der Waals surface area contributed by atoms with E-state index < -0.39 is 0 Å². The lowest BCUT2D eigenvalue weighted by Crippen LogP contribution is -2.30. The van der Waals surface area contributed by atoms with Crippen molar-refractivity contribution < 1.29 is 4.79 Å². The molecule has 0 spiro atoms. The van der Waals surface area contributed by atoms with Gasteiger partial charge in [0.05, 0.1) is 18.1 Å². The molecule has 0 fully saturated rings. The van der Waals surface area contributed by atoms with Crippen molar-refractivity contribution in [3.8, 4) is 11.3 Å². The van der Waals surface area contributed by atoms with Crippen LogP contribution in [0.5, 0.6) is 0 Å². The van der Waals surface area contributed by atoms with Gasteiger partial charge in [-0.15, -0.1) is 0 Å². The predicted molar refractivity (Wildman–Crippen MR) is 85.7 cm³/mol. The topological polar surface area (TPSA) is 50.5 Å². The van der Waals surface area contributed by atoms with Crippen LogP contribution in [0.4, 0.5) is 0 Å². The molecule has 3 aromatic rings. The van der Waals surface area contributed by atoms with Crippen LogP contribution in [0.1, 0.15) is 24.2 Å². The molecule has 5 heteroatoms. The first-order valence-corrected chi connectivity index (χ1v) is 7.41. The highest BCUT2D eigenvalue weighted by Gasteiger charge is 2.13. The Kier molecular flexibility index (Phi) is 3.87. The Morgan fingerprint density at radius 3 is 2.55 bits per heavy atom. The number of aromatic nitrogens is 3. The maximum Gasteiger partial charge on any atom is 0.253 e. The molecule has 0 atom stereocenters. The van der Waals surface area contributed by atoms with E-state index in [1.807, 2.05) is 59.8 Å². The smallest absolute Gasteiger partial charge is 0.253 e. The first-order valence-electron chi connectivity index (χ1n) is 7.41. The normalized spacial score (nSPS) is 10.8. The van der Waals surface area contributed by atoms with Crippen LogP contribution >= 0.6 is 0 Å². The van der Waals surface area contributed by atoms with Crippen molar-refractivity contribution in [2.45, 2.75) is 13.8 Å². The highest BCUT2D eigenvalue weighted by atomic mass is 16.2. The summed E-state index contributed by atoms with van der Waals surface area (Å²) in [5, 5.41) is 0. The Hall–Kier alpha value is -2.69. The Balaban J connectivity index is 1.93. The molecule has 0 bridgehead atoms. The Labute approximate surface area is 129 Å². The van der Waals surface area contributed by atoms with E-state index in [0.29, 0.717) is 5.56 Å². The number of rotatable bonds is 4. The summed E-state index contributed by atoms with van der Waals surface area (Å²) in [7, 11) is 0. The van der Waals surface area contributed by atoms with Crippen LogP contribution in [0.15, 0.2) is 49.1 Å². The van der Waals surface area contributed by atoms with Gasteiger partial charge in [-0.3, -0.25) is 14.2 Å². The highest BCUT2D eigenvalue weighted by molar-refractivity contribution is 5.94. The summed E-state index contributed by atoms with van der Waals surface area (Å²) in [6, 6.07) is 7.66. The van der Waals surface area contributed by atoms with E-state index in [1.54, 1.807) is 12.4 Å². The molecule has 0 unspecified atom stereocenters. The van der Waals surface area contributed by atoms with Crippen molar-refractivity contribution in [3.05, 3.63) is 54.6 Å². The fourth-order valence-corrected chi connectivity index (χ4v) is 2.53. The van der Waals surface area contributed by atoms with Crippen molar-refractivity contribution >= 4 is 11.6 Å². The van der Waals surface area contributed by atoms with E-state index in [2.05, 4.69) is 9.97 Å². The van der Waals surface area contributed by atoms with E-state index in [0.717, 1.165) is 30.0 Å². The number of carbonyl (C=O) groups excluding carboxylic acids is 1. The van der Waals surface area contributed by atoms with Crippen LogP contribution in [0, 0.1) is 0 Å². The summed E-state index contributed by atoms with van der Waals surface area (Å²) in [6.45, 7) is 5.42. The van der Waals surface area contributed by atoms with Gasteiger partial charge in [0.15, 0.2) is 5.65 Å². The molecule has 0 radical (unpaired) electrons. The highest BCUT2D eigenvalue weighted by Crippen LogP contribution is 2.21. The molecule has 1 aromatic carbocycles. The quantitative estimate of drug-likeness (QED) is 0.743. The number of hydrogen-bond donors (Lipinski definition) is 0. The maximum atomic E-state index is 12.3. The van der Waals surface area contributed by atoms with Crippen LogP contribution in [0.25, 0.3) is 16.9 Å². The SMILES string of the molecule is CCN(CC)C(=O)c1ccc(-c2cnc3cnccn23)cc1. The monoisotopic (exact) mass is 294 g/mol. The van der Waals surface area contributed by atoms with Gasteiger partial charge in [0.25, 0.3) is 5.91 Å². The summed E-state index contributed by atoms with van der Waals surface area (Å²) >= 11 is 0. The molecule has 0 N–H and O–H groups in total. The molecule has 112 valence electrons. The van der Waals surface area contributed by atoms with Crippen LogP contribution in [0.3, 0.4) is 0 Å². The minimum Gasteiger partial charge on any atom is -0.339 e. The van der Waals surface area contributed by atoms with Gasteiger partial charge in [0.2, 0.25) is 0 Å². The zero-order valence-electron chi connectivity index (χ0n) is 12.7. The van der Waals surface area contributed by atoms with Crippen molar-refractivity contribution in [2.24, 2.45) is 0 Å². The first-order chi connectivity index (χ1) is 10.7. The van der Waals surface area contributed by atoms with E-state index in [9.17, 15) is 4.79 Å². The Morgan fingerprint density at radius 2 is 1.86 bits per heavy atom. The van der Waals surface area contributed by atoms with Crippen LogP contribution < -0.4 is 0 Å². The lowest BCUT2D eigenvalue weighted by Gasteiger charge is -2.18. The molecule has 1 amide bonds. The number of imidazole rings is 1. The Bertz CT molecular complexity index is 788. The summed E-state index contributed by atoms with van der Waals surface area (Å²) in [4.78, 5) is 22.5. The largest absolute Gasteiger partial charge is 0.339 e. The second-order valence-corrected chi connectivity index (χ2v) is 5.00. The molecule has 2 aromatic heterocycles. The molecular formula is C17H18N4O. The van der Waals surface area contributed by atoms with Gasteiger partial charge in [-0.2, -0.15) is 0 Å². The average Bonchev–Trinajstić information content (AvgIpc) is 3.00. The lowest BCUT2D eigenvalue weighted by atomic mass is 10.1. The molecule has 0 aliphatic rings. The van der Waals surface area contributed by atoms with Crippen LogP contribution in [-0.2, 0) is 0 Å². The van der Waals surface area contributed by atoms with Crippen molar-refractivity contribution in [2.75, 3.05) is 13.1 Å². The van der Waals surface area contributed by atoms with Gasteiger partial charge in [0.1, 0.15) is 0 Å². The second-order valence-electron chi connectivity index (χ2n) is 5.00. The van der Waals surface area contributed by atoms with E-state index >= 15 is 0 Å². The summed E-state index contributed by atoms with van der Waals surface area (Å²) in [5.41, 5.74) is 3.53. The van der Waals surface area contributed by atoms with Gasteiger partial charge < -0.3 is 4.90 Å². The molecule has 2 heterocycles. The number of fused-ring (bicyclic) bond motifs is 1. The first kappa shape index (κ1) is 14.3. The average molecular weight is 294 g/mol. The van der Waals surface area contributed by atoms with E-state index in [4.69, 9.17) is 0 Å². The van der Waals surface area contributed by atoms with Crippen molar-refractivity contribution in [1.29, 1.82) is 0 Å². The minimum absolute atomic E-state index is 0.0684. The van der Waals surface area contributed by atoms with Crippen LogP contribution in [0.2, 0.25) is 0 Å². The number of hydrogen-bond acceptors (Lipinski definition) is 3. The zero-order valence-corrected chi connectivity index (χ0v) is 12.7. The molecule has 22 heavy (non-hydrogen) atoms. The fourth-order valence-electron chi connectivity index (χ4n) is 2.53. The van der Waals surface area contributed by atoms with Crippen molar-refractivity contribution in [1.82, 2.24) is 19.3 Å².